The van der Waals surface area contributed by atoms with Gasteiger partial charge < -0.3 is 10.2 Å². The monoisotopic (exact) mass is 356 g/mol. The first kappa shape index (κ1) is 17.0. The van der Waals surface area contributed by atoms with E-state index < -0.39 is 0 Å². The molecule has 0 saturated heterocycles. The lowest BCUT2D eigenvalue weighted by atomic mass is 9.93. The van der Waals surface area contributed by atoms with Gasteiger partial charge in [-0.25, -0.2) is 0 Å². The molecule has 4 nitrogen and oxygen atoms in total. The number of anilines is 1. The van der Waals surface area contributed by atoms with Crippen molar-refractivity contribution in [3.8, 4) is 0 Å². The van der Waals surface area contributed by atoms with Crippen LogP contribution in [0.2, 0.25) is 0 Å². The van der Waals surface area contributed by atoms with Gasteiger partial charge in [0.15, 0.2) is 0 Å². The summed E-state index contributed by atoms with van der Waals surface area (Å²) >= 11 is 0. The van der Waals surface area contributed by atoms with E-state index in [2.05, 4.69) is 5.32 Å². The third-order valence-corrected chi connectivity index (χ3v) is 4.91. The van der Waals surface area contributed by atoms with Gasteiger partial charge in [0.2, 0.25) is 11.8 Å². The summed E-state index contributed by atoms with van der Waals surface area (Å²) in [5.41, 5.74) is 2.81. The minimum absolute atomic E-state index is 0.0799. The Morgan fingerprint density at radius 1 is 0.963 bits per heavy atom. The van der Waals surface area contributed by atoms with Gasteiger partial charge in [0.05, 0.1) is 12.5 Å². The maximum Gasteiger partial charge on any atom is 0.226 e. The van der Waals surface area contributed by atoms with E-state index in [4.69, 9.17) is 0 Å². The number of carbonyl (C=O) groups is 2. The molecule has 0 saturated carbocycles. The van der Waals surface area contributed by atoms with Crippen molar-refractivity contribution in [2.24, 2.45) is 0 Å². The zero-order valence-corrected chi connectivity index (χ0v) is 15.1. The molecule has 0 spiro atoms. The Kier molecular flexibility index (Phi) is 4.47. The summed E-state index contributed by atoms with van der Waals surface area (Å²) in [6.45, 7) is 1.52. The molecule has 1 aliphatic rings. The van der Waals surface area contributed by atoms with Gasteiger partial charge in [0.1, 0.15) is 0 Å². The smallest absolute Gasteiger partial charge is 0.226 e. The van der Waals surface area contributed by atoms with E-state index in [0.29, 0.717) is 0 Å². The molecule has 4 rings (SSSR count). The van der Waals surface area contributed by atoms with Gasteiger partial charge in [-0.1, -0.05) is 60.7 Å². The van der Waals surface area contributed by atoms with Crippen LogP contribution >= 0.6 is 0 Å². The second kappa shape index (κ2) is 7.08. The number of amides is 2. The molecule has 0 aliphatic carbocycles. The summed E-state index contributed by atoms with van der Waals surface area (Å²) < 4.78 is 0. The Morgan fingerprint density at radius 2 is 1.70 bits per heavy atom. The van der Waals surface area contributed by atoms with Crippen LogP contribution in [-0.2, 0) is 9.59 Å². The maximum absolute atomic E-state index is 12.8. The molecule has 0 aromatic heterocycles. The molecular formula is C23H20N2O2. The minimum Gasteiger partial charge on any atom is -0.325 e. The lowest BCUT2D eigenvalue weighted by Crippen LogP contribution is -2.33. The summed E-state index contributed by atoms with van der Waals surface area (Å²) in [6.07, 6.45) is 3.88. The lowest BCUT2D eigenvalue weighted by Gasteiger charge is -2.32. The molecule has 1 atom stereocenters. The molecule has 0 bridgehead atoms. The first-order valence-electron chi connectivity index (χ1n) is 8.97. The fraction of sp³-hybridized carbons (Fsp3) is 0.130. The highest BCUT2D eigenvalue weighted by atomic mass is 16.2. The van der Waals surface area contributed by atoms with Crippen molar-refractivity contribution < 1.29 is 9.59 Å². The van der Waals surface area contributed by atoms with Crippen molar-refractivity contribution in [2.75, 3.05) is 5.32 Å². The van der Waals surface area contributed by atoms with E-state index in [-0.39, 0.29) is 24.3 Å². The Bertz CT molecular complexity index is 1050. The second-order valence-electron chi connectivity index (χ2n) is 6.67. The van der Waals surface area contributed by atoms with Crippen LogP contribution in [0, 0.1) is 0 Å². The molecule has 0 radical (unpaired) electrons. The van der Waals surface area contributed by atoms with Gasteiger partial charge in [0, 0.05) is 24.2 Å². The van der Waals surface area contributed by atoms with Gasteiger partial charge in [0.25, 0.3) is 0 Å². The minimum atomic E-state index is -0.307. The molecular weight excluding hydrogens is 336 g/mol. The van der Waals surface area contributed by atoms with Gasteiger partial charge >= 0.3 is 0 Å². The fourth-order valence-electron chi connectivity index (χ4n) is 3.62. The van der Waals surface area contributed by atoms with Crippen LogP contribution in [0.1, 0.15) is 30.5 Å². The topological polar surface area (TPSA) is 49.4 Å². The molecule has 134 valence electrons. The summed E-state index contributed by atoms with van der Waals surface area (Å²) in [5, 5.41) is 5.10. The van der Waals surface area contributed by atoms with Crippen LogP contribution in [0.3, 0.4) is 0 Å². The number of hydrogen-bond acceptors (Lipinski definition) is 2. The quantitative estimate of drug-likeness (QED) is 0.737. The van der Waals surface area contributed by atoms with E-state index >= 15 is 0 Å². The summed E-state index contributed by atoms with van der Waals surface area (Å²) in [4.78, 5) is 26.5. The number of rotatable bonds is 3. The molecule has 1 unspecified atom stereocenters. The standard InChI is InChI=1S/C23H20N2O2/c1-16(26)25-14-13-18-8-3-5-11-20(18)22(25)15-23(27)24-21-12-6-9-17-7-2-4-10-19(17)21/h2-14,22H,15H2,1H3,(H,24,27). The Morgan fingerprint density at radius 3 is 2.56 bits per heavy atom. The predicted octanol–water partition coefficient (Wildman–Crippen LogP) is 4.74. The largest absolute Gasteiger partial charge is 0.325 e. The van der Waals surface area contributed by atoms with Crippen molar-refractivity contribution in [3.05, 3.63) is 84.1 Å². The van der Waals surface area contributed by atoms with E-state index in [1.54, 1.807) is 11.1 Å². The Hall–Kier alpha value is -3.40. The highest BCUT2D eigenvalue weighted by Crippen LogP contribution is 2.33. The van der Waals surface area contributed by atoms with Gasteiger partial charge in [-0.3, -0.25) is 9.59 Å². The van der Waals surface area contributed by atoms with Crippen LogP contribution in [0.4, 0.5) is 5.69 Å². The van der Waals surface area contributed by atoms with Crippen LogP contribution in [-0.4, -0.2) is 16.7 Å². The molecule has 3 aromatic carbocycles. The predicted molar refractivity (Wildman–Crippen MR) is 108 cm³/mol. The first-order valence-corrected chi connectivity index (χ1v) is 8.97. The van der Waals surface area contributed by atoms with E-state index in [1.807, 2.05) is 72.8 Å². The van der Waals surface area contributed by atoms with Gasteiger partial charge in [-0.05, 0) is 28.7 Å². The van der Waals surface area contributed by atoms with Crippen molar-refractivity contribution in [3.63, 3.8) is 0 Å². The third-order valence-electron chi connectivity index (χ3n) is 4.91. The van der Waals surface area contributed by atoms with Crippen molar-refractivity contribution in [2.45, 2.75) is 19.4 Å². The second-order valence-corrected chi connectivity index (χ2v) is 6.67. The van der Waals surface area contributed by atoms with Crippen LogP contribution in [0.25, 0.3) is 16.8 Å². The molecule has 0 fully saturated rings. The van der Waals surface area contributed by atoms with Gasteiger partial charge in [-0.2, -0.15) is 0 Å². The van der Waals surface area contributed by atoms with Crippen molar-refractivity contribution >= 4 is 34.4 Å². The zero-order valence-electron chi connectivity index (χ0n) is 15.1. The molecule has 4 heteroatoms. The van der Waals surface area contributed by atoms with Gasteiger partial charge in [-0.15, -0.1) is 0 Å². The summed E-state index contributed by atoms with van der Waals surface area (Å²) in [5.74, 6) is -0.198. The molecule has 1 heterocycles. The Balaban J connectivity index is 1.61. The molecule has 3 aromatic rings. The van der Waals surface area contributed by atoms with E-state index in [9.17, 15) is 9.59 Å². The normalized spacial score (nSPS) is 15.4. The average Bonchev–Trinajstić information content (AvgIpc) is 2.68. The van der Waals surface area contributed by atoms with Crippen molar-refractivity contribution in [1.29, 1.82) is 0 Å². The number of hydrogen-bond donors (Lipinski definition) is 1. The first-order chi connectivity index (χ1) is 13.1. The summed E-state index contributed by atoms with van der Waals surface area (Å²) in [6, 6.07) is 21.4. The van der Waals surface area contributed by atoms with Crippen molar-refractivity contribution in [1.82, 2.24) is 4.90 Å². The van der Waals surface area contributed by atoms with Crippen LogP contribution < -0.4 is 5.32 Å². The van der Waals surface area contributed by atoms with Crippen LogP contribution in [0.15, 0.2) is 72.9 Å². The SMILES string of the molecule is CC(=O)N1C=Cc2ccccc2C1CC(=O)Nc1cccc2ccccc12. The molecule has 27 heavy (non-hydrogen) atoms. The van der Waals surface area contributed by atoms with E-state index in [1.165, 1.54) is 6.92 Å². The zero-order chi connectivity index (χ0) is 18.8. The molecule has 1 aliphatic heterocycles. The van der Waals surface area contributed by atoms with E-state index in [0.717, 1.165) is 27.6 Å². The summed E-state index contributed by atoms with van der Waals surface area (Å²) in [7, 11) is 0. The maximum atomic E-state index is 12.8. The average molecular weight is 356 g/mol. The third kappa shape index (κ3) is 3.34. The lowest BCUT2D eigenvalue weighted by molar-refractivity contribution is -0.129. The Labute approximate surface area is 158 Å². The highest BCUT2D eigenvalue weighted by Gasteiger charge is 2.28. The van der Waals surface area contributed by atoms with Crippen LogP contribution in [0.5, 0.6) is 0 Å². The number of carbonyl (C=O) groups excluding carboxylic acids is 2. The fourth-order valence-corrected chi connectivity index (χ4v) is 3.62. The molecule has 1 N–H and O–H groups in total. The number of benzene rings is 3. The number of fused-ring (bicyclic) bond motifs is 2. The highest BCUT2D eigenvalue weighted by molar-refractivity contribution is 6.02. The number of nitrogens with zero attached hydrogens (tertiary/aromatic N) is 1. The number of nitrogens with one attached hydrogen (secondary N) is 1. The molecule has 2 amide bonds.